The minimum atomic E-state index is 0.0659. The highest BCUT2D eigenvalue weighted by atomic mass is 35.5. The number of carbonyl (C=O) groups is 1. The molecule has 2 N–H and O–H groups in total. The third-order valence-electron chi connectivity index (χ3n) is 4.83. The number of nitrogens with two attached hydrogens (primary N) is 1. The van der Waals surface area contributed by atoms with Gasteiger partial charge in [-0.3, -0.25) is 9.69 Å². The van der Waals surface area contributed by atoms with Crippen molar-refractivity contribution in [3.8, 4) is 0 Å². The number of carbonyl (C=O) groups excluding carboxylic acids is 1. The quantitative estimate of drug-likeness (QED) is 0.665. The van der Waals surface area contributed by atoms with Gasteiger partial charge >= 0.3 is 0 Å². The van der Waals surface area contributed by atoms with Crippen LogP contribution in [-0.2, 0) is 11.2 Å². The molecule has 4 rings (SSSR count). The molecule has 1 aliphatic rings. The van der Waals surface area contributed by atoms with E-state index in [9.17, 15) is 4.79 Å². The molecule has 0 spiro atoms. The summed E-state index contributed by atoms with van der Waals surface area (Å²) in [5.41, 5.74) is 3.08. The lowest BCUT2D eigenvalue weighted by Crippen LogP contribution is -2.91. The number of anilines is 2. The van der Waals surface area contributed by atoms with Crippen LogP contribution in [0.25, 0.3) is 0 Å². The van der Waals surface area contributed by atoms with Crippen molar-refractivity contribution in [2.75, 3.05) is 11.4 Å². The molecule has 0 saturated carbocycles. The van der Waals surface area contributed by atoms with Crippen molar-refractivity contribution in [2.45, 2.75) is 29.2 Å². The molecule has 3 aromatic carbocycles. The topological polar surface area (TPSA) is 36.9 Å². The molecule has 0 aliphatic carbocycles. The fourth-order valence-corrected chi connectivity index (χ4v) is 4.66. The summed E-state index contributed by atoms with van der Waals surface area (Å²) in [4.78, 5) is 17.2. The van der Waals surface area contributed by atoms with Gasteiger partial charge in [-0.25, -0.2) is 0 Å². The highest BCUT2D eigenvalue weighted by Gasteiger charge is 2.29. The van der Waals surface area contributed by atoms with Crippen LogP contribution in [0.1, 0.15) is 12.5 Å². The van der Waals surface area contributed by atoms with Crippen LogP contribution in [0.15, 0.2) is 82.6 Å². The second-order valence-electron chi connectivity index (χ2n) is 7.02. The number of rotatable bonds is 5. The van der Waals surface area contributed by atoms with Crippen LogP contribution in [0, 0.1) is 0 Å². The molecule has 0 bridgehead atoms. The second-order valence-corrected chi connectivity index (χ2v) is 8.54. The zero-order valence-corrected chi connectivity index (χ0v) is 17.2. The summed E-state index contributed by atoms with van der Waals surface area (Å²) in [6.07, 6.45) is 0.934. The molecule has 0 saturated heterocycles. The fourth-order valence-electron chi connectivity index (χ4n) is 3.46. The standard InChI is InChI=1S/C23H21ClN2OS/c1-16(13-17-7-3-2-4-8-17)25-15-23(27)26-19-9-5-6-10-21(19)28-22-12-11-18(24)14-20(22)26/h2-12,14,16,25H,13,15H2,1H3/p+1/t16-/m0/s1. The van der Waals surface area contributed by atoms with Crippen molar-refractivity contribution in [1.82, 2.24) is 0 Å². The molecule has 3 aromatic rings. The number of halogens is 1. The number of amides is 1. The van der Waals surface area contributed by atoms with Crippen molar-refractivity contribution in [2.24, 2.45) is 0 Å². The molecule has 0 unspecified atom stereocenters. The van der Waals surface area contributed by atoms with E-state index in [2.05, 4.69) is 42.6 Å². The van der Waals surface area contributed by atoms with Crippen LogP contribution >= 0.6 is 23.4 Å². The predicted molar refractivity (Wildman–Crippen MR) is 116 cm³/mol. The van der Waals surface area contributed by atoms with Gasteiger partial charge in [0.05, 0.1) is 17.4 Å². The molecule has 0 fully saturated rings. The van der Waals surface area contributed by atoms with E-state index < -0.39 is 0 Å². The van der Waals surface area contributed by atoms with Crippen LogP contribution in [0.3, 0.4) is 0 Å². The fraction of sp³-hybridized carbons (Fsp3) is 0.174. The van der Waals surface area contributed by atoms with Gasteiger partial charge in [0.1, 0.15) is 0 Å². The zero-order valence-electron chi connectivity index (χ0n) is 15.6. The molecular weight excluding hydrogens is 388 g/mol. The Bertz CT molecular complexity index is 993. The lowest BCUT2D eigenvalue weighted by Gasteiger charge is -2.31. The number of benzene rings is 3. The van der Waals surface area contributed by atoms with E-state index in [-0.39, 0.29) is 5.91 Å². The first-order valence-electron chi connectivity index (χ1n) is 9.38. The molecule has 3 nitrogen and oxygen atoms in total. The number of fused-ring (bicyclic) bond motifs is 2. The van der Waals surface area contributed by atoms with Gasteiger partial charge in [-0.2, -0.15) is 0 Å². The normalized spacial score (nSPS) is 13.6. The Morgan fingerprint density at radius 2 is 1.71 bits per heavy atom. The van der Waals surface area contributed by atoms with Crippen molar-refractivity contribution >= 4 is 40.6 Å². The smallest absolute Gasteiger partial charge is 0.286 e. The zero-order chi connectivity index (χ0) is 19.5. The Kier molecular flexibility index (Phi) is 5.72. The average molecular weight is 410 g/mol. The summed E-state index contributed by atoms with van der Waals surface area (Å²) in [6, 6.07) is 24.5. The van der Waals surface area contributed by atoms with Gasteiger partial charge in [0.25, 0.3) is 5.91 Å². The van der Waals surface area contributed by atoms with Crippen LogP contribution < -0.4 is 10.2 Å². The van der Waals surface area contributed by atoms with E-state index in [1.165, 1.54) is 5.56 Å². The van der Waals surface area contributed by atoms with E-state index in [0.29, 0.717) is 17.6 Å². The predicted octanol–water partition coefficient (Wildman–Crippen LogP) is 4.66. The van der Waals surface area contributed by atoms with E-state index in [1.54, 1.807) is 11.8 Å². The van der Waals surface area contributed by atoms with Crippen molar-refractivity contribution in [3.63, 3.8) is 0 Å². The summed E-state index contributed by atoms with van der Waals surface area (Å²) in [7, 11) is 0. The third-order valence-corrected chi connectivity index (χ3v) is 6.20. The molecule has 1 aliphatic heterocycles. The molecule has 0 radical (unpaired) electrons. The SMILES string of the molecule is C[C@@H](Cc1ccccc1)[NH2+]CC(=O)N1c2ccccc2Sc2ccc(Cl)cc21. The summed E-state index contributed by atoms with van der Waals surface area (Å²) in [5.74, 6) is 0.0659. The maximum Gasteiger partial charge on any atom is 0.286 e. The van der Waals surface area contributed by atoms with E-state index >= 15 is 0 Å². The third kappa shape index (κ3) is 4.09. The number of quaternary nitrogens is 1. The first-order chi connectivity index (χ1) is 13.6. The maximum atomic E-state index is 13.2. The largest absolute Gasteiger partial charge is 0.336 e. The van der Waals surface area contributed by atoms with Crippen LogP contribution in [0.5, 0.6) is 0 Å². The first kappa shape index (κ1) is 19.1. The Balaban J connectivity index is 1.53. The van der Waals surface area contributed by atoms with E-state index in [1.807, 2.05) is 47.4 Å². The monoisotopic (exact) mass is 409 g/mol. The number of nitrogens with zero attached hydrogens (tertiary/aromatic N) is 1. The lowest BCUT2D eigenvalue weighted by atomic mass is 10.1. The summed E-state index contributed by atoms with van der Waals surface area (Å²) >= 11 is 7.91. The Hall–Kier alpha value is -2.27. The maximum absolute atomic E-state index is 13.2. The number of hydrogen-bond donors (Lipinski definition) is 1. The molecule has 0 aromatic heterocycles. The molecule has 1 heterocycles. The summed E-state index contributed by atoms with van der Waals surface area (Å²) < 4.78 is 0. The highest BCUT2D eigenvalue weighted by molar-refractivity contribution is 7.99. The Morgan fingerprint density at radius 1 is 1.00 bits per heavy atom. The van der Waals surface area contributed by atoms with Gasteiger partial charge < -0.3 is 5.32 Å². The van der Waals surface area contributed by atoms with Crippen LogP contribution in [0.4, 0.5) is 11.4 Å². The van der Waals surface area contributed by atoms with Crippen molar-refractivity contribution in [1.29, 1.82) is 0 Å². The molecule has 5 heteroatoms. The van der Waals surface area contributed by atoms with Crippen LogP contribution in [0.2, 0.25) is 5.02 Å². The minimum absolute atomic E-state index is 0.0659. The van der Waals surface area contributed by atoms with Gasteiger partial charge in [-0.15, -0.1) is 0 Å². The molecule has 142 valence electrons. The highest BCUT2D eigenvalue weighted by Crippen LogP contribution is 2.48. The number of hydrogen-bond acceptors (Lipinski definition) is 2. The second kappa shape index (κ2) is 8.39. The summed E-state index contributed by atoms with van der Waals surface area (Å²) in [6.45, 7) is 2.55. The molecule has 1 atom stereocenters. The Labute approximate surface area is 174 Å². The minimum Gasteiger partial charge on any atom is -0.336 e. The van der Waals surface area contributed by atoms with E-state index in [4.69, 9.17) is 11.6 Å². The molecule has 28 heavy (non-hydrogen) atoms. The van der Waals surface area contributed by atoms with E-state index in [0.717, 1.165) is 27.6 Å². The van der Waals surface area contributed by atoms with Gasteiger partial charge in [-0.1, -0.05) is 65.8 Å². The van der Waals surface area contributed by atoms with Gasteiger partial charge in [-0.05, 0) is 42.8 Å². The average Bonchev–Trinajstić information content (AvgIpc) is 2.71. The van der Waals surface area contributed by atoms with Crippen molar-refractivity contribution in [3.05, 3.63) is 83.4 Å². The summed E-state index contributed by atoms with van der Waals surface area (Å²) in [5, 5.41) is 2.75. The van der Waals surface area contributed by atoms with Gasteiger partial charge in [0.2, 0.25) is 0 Å². The van der Waals surface area contributed by atoms with Gasteiger partial charge in [0.15, 0.2) is 6.54 Å². The Morgan fingerprint density at radius 3 is 2.54 bits per heavy atom. The number of para-hydroxylation sites is 1. The first-order valence-corrected chi connectivity index (χ1v) is 10.6. The lowest BCUT2D eigenvalue weighted by molar-refractivity contribution is -0.675. The van der Waals surface area contributed by atoms with Crippen molar-refractivity contribution < 1.29 is 10.1 Å². The molecule has 1 amide bonds. The van der Waals surface area contributed by atoms with Gasteiger partial charge in [0, 0.05) is 21.2 Å². The van der Waals surface area contributed by atoms with Crippen LogP contribution in [-0.4, -0.2) is 18.5 Å². The molecular formula is C23H22ClN2OS+.